The van der Waals surface area contributed by atoms with Crippen molar-refractivity contribution in [3.63, 3.8) is 0 Å². The van der Waals surface area contributed by atoms with Gasteiger partial charge < -0.3 is 28.7 Å². The van der Waals surface area contributed by atoms with Gasteiger partial charge in [-0.1, -0.05) is 6.07 Å². The molecule has 0 aliphatic rings. The van der Waals surface area contributed by atoms with E-state index in [-0.39, 0.29) is 28.2 Å². The molecule has 2 N–H and O–H groups in total. The van der Waals surface area contributed by atoms with Crippen molar-refractivity contribution in [3.8, 4) is 23.0 Å². The zero-order chi connectivity index (χ0) is 30.9. The van der Waals surface area contributed by atoms with Crippen molar-refractivity contribution in [2.24, 2.45) is 5.10 Å². The van der Waals surface area contributed by atoms with Crippen LogP contribution >= 0.6 is 0 Å². The molecule has 0 saturated carbocycles. The Kier molecular flexibility index (Phi) is 9.32. The first-order valence-electron chi connectivity index (χ1n) is 12.3. The maximum Gasteiger partial charge on any atom is 0.379 e. The number of carbonyl (C=O) groups is 3. The minimum atomic E-state index is -0.949. The number of rotatable bonds is 11. The van der Waals surface area contributed by atoms with Crippen LogP contribution in [-0.4, -0.2) is 50.3 Å². The second-order valence-electron chi connectivity index (χ2n) is 8.46. The van der Waals surface area contributed by atoms with Crippen LogP contribution in [0.5, 0.6) is 23.0 Å². The maximum atomic E-state index is 12.8. The van der Waals surface area contributed by atoms with E-state index in [0.29, 0.717) is 22.9 Å². The standard InChI is InChI=1S/C29H24N4O10/c1-39-23-14-19(15-24(40-2)26(23)41-3)27(34)31-20-11-9-17(10-12-20)28(35)32-30-16-18-6-4-7-21(33(37)38)25(18)43-29(36)22-8-5-13-42-22/h4-16H,1-3H3,(H,31,34)(H,32,35)/b30-16+. The number of esters is 1. The van der Waals surface area contributed by atoms with Gasteiger partial charge in [-0.05, 0) is 54.6 Å². The first-order valence-corrected chi connectivity index (χ1v) is 12.3. The number of ether oxygens (including phenoxy) is 4. The average molecular weight is 589 g/mol. The number of para-hydroxylation sites is 1. The molecule has 4 rings (SSSR count). The third kappa shape index (κ3) is 6.94. The molecule has 14 nitrogen and oxygen atoms in total. The number of amides is 2. The van der Waals surface area contributed by atoms with Gasteiger partial charge in [0, 0.05) is 28.4 Å². The molecule has 0 saturated heterocycles. The third-order valence-electron chi connectivity index (χ3n) is 5.84. The van der Waals surface area contributed by atoms with Crippen molar-refractivity contribution in [2.75, 3.05) is 26.6 Å². The monoisotopic (exact) mass is 588 g/mol. The van der Waals surface area contributed by atoms with Crippen molar-refractivity contribution in [3.05, 3.63) is 106 Å². The molecule has 0 fully saturated rings. The summed E-state index contributed by atoms with van der Waals surface area (Å²) in [6.07, 6.45) is 2.35. The summed E-state index contributed by atoms with van der Waals surface area (Å²) >= 11 is 0. The van der Waals surface area contributed by atoms with E-state index < -0.39 is 28.4 Å². The molecular formula is C29H24N4O10. The lowest BCUT2D eigenvalue weighted by molar-refractivity contribution is -0.385. The molecule has 0 radical (unpaired) electrons. The third-order valence-corrected chi connectivity index (χ3v) is 5.84. The molecule has 4 aromatic rings. The van der Waals surface area contributed by atoms with E-state index in [1.165, 1.54) is 88.3 Å². The van der Waals surface area contributed by atoms with Crippen LogP contribution in [0.4, 0.5) is 11.4 Å². The highest BCUT2D eigenvalue weighted by Crippen LogP contribution is 2.38. The number of nitrogens with one attached hydrogen (secondary N) is 2. The van der Waals surface area contributed by atoms with Crippen molar-refractivity contribution < 1.29 is 42.7 Å². The van der Waals surface area contributed by atoms with Crippen LogP contribution in [0.3, 0.4) is 0 Å². The van der Waals surface area contributed by atoms with Crippen LogP contribution in [0.15, 0.2) is 82.5 Å². The van der Waals surface area contributed by atoms with Crippen LogP contribution in [0.25, 0.3) is 0 Å². The Morgan fingerprint density at radius 3 is 2.14 bits per heavy atom. The molecular weight excluding hydrogens is 564 g/mol. The van der Waals surface area contributed by atoms with Crippen molar-refractivity contribution >= 4 is 35.4 Å². The number of nitro benzene ring substituents is 1. The van der Waals surface area contributed by atoms with E-state index in [4.69, 9.17) is 23.4 Å². The molecule has 14 heteroatoms. The number of methoxy groups -OCH3 is 3. The van der Waals surface area contributed by atoms with Crippen molar-refractivity contribution in [2.45, 2.75) is 0 Å². The number of furan rings is 1. The molecule has 0 spiro atoms. The lowest BCUT2D eigenvalue weighted by atomic mass is 10.1. The average Bonchev–Trinajstić information content (AvgIpc) is 3.56. The molecule has 0 aliphatic carbocycles. The summed E-state index contributed by atoms with van der Waals surface area (Å²) in [4.78, 5) is 48.6. The van der Waals surface area contributed by atoms with E-state index in [2.05, 4.69) is 15.8 Å². The van der Waals surface area contributed by atoms with Crippen LogP contribution in [0.1, 0.15) is 36.8 Å². The van der Waals surface area contributed by atoms with Gasteiger partial charge in [-0.25, -0.2) is 10.2 Å². The Hall–Kier alpha value is -6.18. The number of benzene rings is 3. The zero-order valence-electron chi connectivity index (χ0n) is 23.0. The first kappa shape index (κ1) is 29.8. The lowest BCUT2D eigenvalue weighted by Crippen LogP contribution is -2.18. The van der Waals surface area contributed by atoms with Gasteiger partial charge in [0.2, 0.25) is 17.3 Å². The summed E-state index contributed by atoms with van der Waals surface area (Å²) in [7, 11) is 4.33. The number of nitrogens with zero attached hydrogens (tertiary/aromatic N) is 2. The molecule has 43 heavy (non-hydrogen) atoms. The number of hydrogen-bond acceptors (Lipinski definition) is 11. The molecule has 0 bridgehead atoms. The van der Waals surface area contributed by atoms with E-state index in [0.717, 1.165) is 12.3 Å². The minimum Gasteiger partial charge on any atom is -0.493 e. The highest BCUT2D eigenvalue weighted by molar-refractivity contribution is 6.05. The highest BCUT2D eigenvalue weighted by atomic mass is 16.6. The van der Waals surface area contributed by atoms with Gasteiger partial charge in [-0.2, -0.15) is 5.10 Å². The Balaban J connectivity index is 1.44. The van der Waals surface area contributed by atoms with Crippen LogP contribution in [0.2, 0.25) is 0 Å². The van der Waals surface area contributed by atoms with Crippen molar-refractivity contribution in [1.82, 2.24) is 5.43 Å². The highest BCUT2D eigenvalue weighted by Gasteiger charge is 2.23. The summed E-state index contributed by atoms with van der Waals surface area (Å²) in [6, 6.07) is 15.7. The fourth-order valence-corrected chi connectivity index (χ4v) is 3.78. The topological polar surface area (TPSA) is 181 Å². The largest absolute Gasteiger partial charge is 0.493 e. The van der Waals surface area contributed by atoms with Gasteiger partial charge in [-0.15, -0.1) is 0 Å². The quantitative estimate of drug-likeness (QED) is 0.0835. The molecule has 3 aromatic carbocycles. The van der Waals surface area contributed by atoms with Gasteiger partial charge in [0.1, 0.15) is 0 Å². The number of nitro groups is 1. The molecule has 0 atom stereocenters. The number of carbonyl (C=O) groups excluding carboxylic acids is 3. The Morgan fingerprint density at radius 2 is 1.56 bits per heavy atom. The van der Waals surface area contributed by atoms with Crippen molar-refractivity contribution in [1.29, 1.82) is 0 Å². The number of anilines is 1. The second-order valence-corrected chi connectivity index (χ2v) is 8.46. The van der Waals surface area contributed by atoms with Gasteiger partial charge in [0.05, 0.1) is 38.7 Å². The predicted octanol–water partition coefficient (Wildman–Crippen LogP) is 4.45. The summed E-state index contributed by atoms with van der Waals surface area (Å²) in [5, 5.41) is 18.1. The van der Waals surface area contributed by atoms with E-state index in [1.807, 2.05) is 0 Å². The fraction of sp³-hybridized carbons (Fsp3) is 0.103. The van der Waals surface area contributed by atoms with E-state index >= 15 is 0 Å². The van der Waals surface area contributed by atoms with Crippen LogP contribution < -0.4 is 29.7 Å². The second kappa shape index (κ2) is 13.5. The minimum absolute atomic E-state index is 0.0549. The van der Waals surface area contributed by atoms with Gasteiger partial charge in [0.25, 0.3) is 11.8 Å². The molecule has 0 unspecified atom stereocenters. The normalized spacial score (nSPS) is 10.6. The maximum absolute atomic E-state index is 12.8. The number of hydrazone groups is 1. The fourth-order valence-electron chi connectivity index (χ4n) is 3.78. The van der Waals surface area contributed by atoms with Gasteiger partial charge >= 0.3 is 11.7 Å². The Bertz CT molecular complexity index is 1660. The van der Waals surface area contributed by atoms with Crippen LogP contribution in [-0.2, 0) is 0 Å². The van der Waals surface area contributed by atoms with Gasteiger partial charge in [0.15, 0.2) is 11.5 Å². The Labute approximate surface area is 244 Å². The molecule has 1 aromatic heterocycles. The van der Waals surface area contributed by atoms with E-state index in [9.17, 15) is 24.5 Å². The molecule has 2 amide bonds. The predicted molar refractivity (Wildman–Crippen MR) is 152 cm³/mol. The zero-order valence-corrected chi connectivity index (χ0v) is 23.0. The SMILES string of the molecule is COc1cc(C(=O)Nc2ccc(C(=O)N/N=C/c3cccc([N+](=O)[O-])c3OC(=O)c3ccco3)cc2)cc(OC)c1OC. The molecule has 1 heterocycles. The summed E-state index contributed by atoms with van der Waals surface area (Å²) in [5.41, 5.74) is 2.72. The summed E-state index contributed by atoms with van der Waals surface area (Å²) in [6.45, 7) is 0. The molecule has 220 valence electrons. The first-order chi connectivity index (χ1) is 20.7. The number of hydrogen-bond donors (Lipinski definition) is 2. The van der Waals surface area contributed by atoms with E-state index in [1.54, 1.807) is 0 Å². The smallest absolute Gasteiger partial charge is 0.379 e. The summed E-state index contributed by atoms with van der Waals surface area (Å²) < 4.78 is 26.0. The summed E-state index contributed by atoms with van der Waals surface area (Å²) in [5.74, 6) is -1.58. The molecule has 0 aliphatic heterocycles. The lowest BCUT2D eigenvalue weighted by Gasteiger charge is -2.14. The van der Waals surface area contributed by atoms with Crippen LogP contribution in [0, 0.1) is 10.1 Å². The van der Waals surface area contributed by atoms with Gasteiger partial charge in [-0.3, -0.25) is 19.7 Å². The Morgan fingerprint density at radius 1 is 0.860 bits per heavy atom.